The summed E-state index contributed by atoms with van der Waals surface area (Å²) in [4.78, 5) is 14.8. The summed E-state index contributed by atoms with van der Waals surface area (Å²) in [6.07, 6.45) is 6.71. The molecule has 4 rings (SSSR count). The molecule has 2 saturated heterocycles. The number of carbonyl (C=O) groups excluding carboxylic acids is 1. The van der Waals surface area contributed by atoms with Crippen LogP contribution in [-0.2, 0) is 9.47 Å². The second-order valence-corrected chi connectivity index (χ2v) is 7.92. The van der Waals surface area contributed by atoms with E-state index < -0.39 is 0 Å². The molecule has 26 heavy (non-hydrogen) atoms. The lowest BCUT2D eigenvalue weighted by molar-refractivity contribution is -0.153. The maximum absolute atomic E-state index is 12.9. The third-order valence-electron chi connectivity index (χ3n) is 6.01. The van der Waals surface area contributed by atoms with Crippen molar-refractivity contribution in [3.05, 3.63) is 29.8 Å². The molecule has 1 amide bonds. The fraction of sp³-hybridized carbons (Fsp3) is 0.667. The number of para-hydroxylation sites is 1. The van der Waals surface area contributed by atoms with Crippen molar-refractivity contribution >= 4 is 5.91 Å². The molecular weight excluding hydrogens is 330 g/mol. The fourth-order valence-electron chi connectivity index (χ4n) is 4.14. The molecular formula is C21H29NO4. The van der Waals surface area contributed by atoms with E-state index in [2.05, 4.69) is 0 Å². The minimum atomic E-state index is -0.107. The third kappa shape index (κ3) is 3.89. The zero-order valence-corrected chi connectivity index (χ0v) is 15.6. The van der Waals surface area contributed by atoms with Gasteiger partial charge >= 0.3 is 0 Å². The number of amides is 1. The van der Waals surface area contributed by atoms with E-state index in [9.17, 15) is 4.79 Å². The van der Waals surface area contributed by atoms with Gasteiger partial charge in [-0.25, -0.2) is 0 Å². The third-order valence-corrected chi connectivity index (χ3v) is 6.01. The van der Waals surface area contributed by atoms with Crippen molar-refractivity contribution in [2.45, 2.75) is 50.2 Å². The lowest BCUT2D eigenvalue weighted by atomic mass is 9.83. The fourth-order valence-corrected chi connectivity index (χ4v) is 4.14. The highest BCUT2D eigenvalue weighted by molar-refractivity contribution is 5.97. The maximum Gasteiger partial charge on any atom is 0.257 e. The van der Waals surface area contributed by atoms with Gasteiger partial charge in [-0.15, -0.1) is 0 Å². The highest BCUT2D eigenvalue weighted by atomic mass is 16.5. The maximum atomic E-state index is 12.9. The second-order valence-electron chi connectivity index (χ2n) is 7.92. The van der Waals surface area contributed by atoms with Crippen LogP contribution < -0.4 is 4.74 Å². The molecule has 0 N–H and O–H groups in total. The van der Waals surface area contributed by atoms with Gasteiger partial charge in [0.15, 0.2) is 0 Å². The van der Waals surface area contributed by atoms with Crippen molar-refractivity contribution in [3.63, 3.8) is 0 Å². The van der Waals surface area contributed by atoms with Gasteiger partial charge in [-0.3, -0.25) is 4.79 Å². The molecule has 5 heteroatoms. The molecule has 1 spiro atoms. The van der Waals surface area contributed by atoms with Gasteiger partial charge < -0.3 is 19.1 Å². The van der Waals surface area contributed by atoms with Gasteiger partial charge in [0.05, 0.1) is 24.4 Å². The van der Waals surface area contributed by atoms with Gasteiger partial charge in [-0.2, -0.15) is 0 Å². The van der Waals surface area contributed by atoms with Crippen molar-refractivity contribution in [1.29, 1.82) is 0 Å². The molecule has 3 fully saturated rings. The van der Waals surface area contributed by atoms with E-state index in [1.165, 1.54) is 12.8 Å². The average molecular weight is 359 g/mol. The van der Waals surface area contributed by atoms with Gasteiger partial charge in [0.2, 0.25) is 0 Å². The van der Waals surface area contributed by atoms with Crippen LogP contribution in [0.4, 0.5) is 0 Å². The molecule has 1 atom stereocenters. The van der Waals surface area contributed by atoms with Crippen LogP contribution in [0, 0.1) is 5.92 Å². The van der Waals surface area contributed by atoms with Crippen molar-refractivity contribution in [2.75, 3.05) is 33.4 Å². The SMILES string of the molecule is COc1ccccc1C(=O)N1CCC2(CC1)CC(OCC1CC1)CCO2. The predicted molar refractivity (Wildman–Crippen MR) is 98.5 cm³/mol. The number of rotatable bonds is 5. The van der Waals surface area contributed by atoms with Crippen molar-refractivity contribution in [3.8, 4) is 5.75 Å². The molecule has 142 valence electrons. The molecule has 1 unspecified atom stereocenters. The van der Waals surface area contributed by atoms with E-state index in [0.29, 0.717) is 17.4 Å². The monoisotopic (exact) mass is 359 g/mol. The van der Waals surface area contributed by atoms with Crippen LogP contribution in [0.2, 0.25) is 0 Å². The molecule has 2 aliphatic heterocycles. The smallest absolute Gasteiger partial charge is 0.257 e. The Morgan fingerprint density at radius 2 is 2.00 bits per heavy atom. The average Bonchev–Trinajstić information content (AvgIpc) is 3.51. The Balaban J connectivity index is 1.34. The van der Waals surface area contributed by atoms with E-state index >= 15 is 0 Å². The Kier molecular flexibility index (Phi) is 5.18. The van der Waals surface area contributed by atoms with Crippen LogP contribution in [0.3, 0.4) is 0 Å². The van der Waals surface area contributed by atoms with Gasteiger partial charge in [0.25, 0.3) is 5.91 Å². The van der Waals surface area contributed by atoms with E-state index in [0.717, 1.165) is 57.9 Å². The summed E-state index contributed by atoms with van der Waals surface area (Å²) < 4.78 is 17.7. The van der Waals surface area contributed by atoms with Crippen LogP contribution in [0.15, 0.2) is 24.3 Å². The zero-order valence-electron chi connectivity index (χ0n) is 15.6. The highest BCUT2D eigenvalue weighted by Crippen LogP contribution is 2.38. The summed E-state index contributed by atoms with van der Waals surface area (Å²) in [6.45, 7) is 3.15. The van der Waals surface area contributed by atoms with Crippen molar-refractivity contribution < 1.29 is 19.0 Å². The van der Waals surface area contributed by atoms with Gasteiger partial charge in [0, 0.05) is 32.7 Å². The van der Waals surface area contributed by atoms with Crippen molar-refractivity contribution in [2.24, 2.45) is 5.92 Å². The second kappa shape index (κ2) is 7.57. The van der Waals surface area contributed by atoms with Crippen LogP contribution in [0.1, 0.15) is 48.9 Å². The first-order chi connectivity index (χ1) is 12.7. The molecule has 3 aliphatic rings. The van der Waals surface area contributed by atoms with E-state index in [4.69, 9.17) is 14.2 Å². The number of likely N-dealkylation sites (tertiary alicyclic amines) is 1. The number of hydrogen-bond acceptors (Lipinski definition) is 4. The molecule has 0 bridgehead atoms. The first-order valence-electron chi connectivity index (χ1n) is 9.87. The molecule has 0 radical (unpaired) electrons. The van der Waals surface area contributed by atoms with Gasteiger partial charge in [0.1, 0.15) is 5.75 Å². The summed E-state index contributed by atoms with van der Waals surface area (Å²) in [5, 5.41) is 0. The summed E-state index contributed by atoms with van der Waals surface area (Å²) >= 11 is 0. The van der Waals surface area contributed by atoms with Crippen molar-refractivity contribution in [1.82, 2.24) is 4.90 Å². The molecule has 1 aromatic rings. The number of piperidine rings is 1. The summed E-state index contributed by atoms with van der Waals surface area (Å²) in [6, 6.07) is 7.45. The molecule has 1 aliphatic carbocycles. The van der Waals surface area contributed by atoms with E-state index in [1.54, 1.807) is 7.11 Å². The molecule has 5 nitrogen and oxygen atoms in total. The van der Waals surface area contributed by atoms with Gasteiger partial charge in [-0.05, 0) is 50.2 Å². The van der Waals surface area contributed by atoms with Gasteiger partial charge in [-0.1, -0.05) is 12.1 Å². The van der Waals surface area contributed by atoms with E-state index in [-0.39, 0.29) is 11.5 Å². The summed E-state index contributed by atoms with van der Waals surface area (Å²) in [7, 11) is 1.61. The zero-order chi connectivity index (χ0) is 18.0. The standard InChI is InChI=1S/C21H29NO4/c1-24-19-5-3-2-4-18(19)20(23)22-11-9-21(10-12-22)14-17(8-13-26-21)25-15-16-6-7-16/h2-5,16-17H,6-15H2,1H3. The number of benzene rings is 1. The highest BCUT2D eigenvalue weighted by Gasteiger charge is 2.42. The number of carbonyl (C=O) groups is 1. The Morgan fingerprint density at radius 3 is 2.73 bits per heavy atom. The topological polar surface area (TPSA) is 48.0 Å². The minimum Gasteiger partial charge on any atom is -0.496 e. The normalized spacial score (nSPS) is 25.3. The van der Waals surface area contributed by atoms with Crippen LogP contribution in [0.25, 0.3) is 0 Å². The van der Waals surface area contributed by atoms with Crippen LogP contribution >= 0.6 is 0 Å². The van der Waals surface area contributed by atoms with E-state index in [1.807, 2.05) is 29.2 Å². The first-order valence-corrected chi connectivity index (χ1v) is 9.87. The number of methoxy groups -OCH3 is 1. The number of hydrogen-bond donors (Lipinski definition) is 0. The Bertz CT molecular complexity index is 635. The Hall–Kier alpha value is -1.59. The number of nitrogens with zero attached hydrogens (tertiary/aromatic N) is 1. The van der Waals surface area contributed by atoms with Crippen LogP contribution in [-0.4, -0.2) is 55.9 Å². The lowest BCUT2D eigenvalue weighted by Crippen LogP contribution is -2.52. The first kappa shape index (κ1) is 17.8. The predicted octanol–water partition coefficient (Wildman–Crippen LogP) is 3.28. The van der Waals surface area contributed by atoms with Crippen LogP contribution in [0.5, 0.6) is 5.75 Å². The largest absolute Gasteiger partial charge is 0.496 e. The summed E-state index contributed by atoms with van der Waals surface area (Å²) in [5.74, 6) is 1.49. The quantitative estimate of drug-likeness (QED) is 0.809. The Labute approximate surface area is 155 Å². The number of ether oxygens (including phenoxy) is 3. The molecule has 1 aromatic carbocycles. The molecule has 0 aromatic heterocycles. The molecule has 1 saturated carbocycles. The lowest BCUT2D eigenvalue weighted by Gasteiger charge is -2.46. The Morgan fingerprint density at radius 1 is 1.23 bits per heavy atom. The minimum absolute atomic E-state index is 0.0506. The molecule has 2 heterocycles. The summed E-state index contributed by atoms with van der Waals surface area (Å²) in [5.41, 5.74) is 0.533.